The number of hydrogen-bond acceptors (Lipinski definition) is 4. The van der Waals surface area contributed by atoms with Crippen molar-refractivity contribution in [2.75, 3.05) is 6.61 Å². The number of pyridine rings is 1. The van der Waals surface area contributed by atoms with Crippen LogP contribution in [-0.2, 0) is 9.53 Å². The molecule has 0 unspecified atom stereocenters. The smallest absolute Gasteiger partial charge is 0.347 e. The molecule has 2 aromatic carbocycles. The average molecular weight is 408 g/mol. The first-order chi connectivity index (χ1) is 12.9. The third-order valence-electron chi connectivity index (χ3n) is 3.96. The van der Waals surface area contributed by atoms with Crippen LogP contribution in [0.1, 0.15) is 13.8 Å². The summed E-state index contributed by atoms with van der Waals surface area (Å²) in [6.45, 7) is 3.62. The van der Waals surface area contributed by atoms with Crippen molar-refractivity contribution in [3.05, 3.63) is 58.6 Å². The lowest BCUT2D eigenvalue weighted by molar-refractivity contribution is -0.150. The lowest BCUT2D eigenvalue weighted by Gasteiger charge is -2.15. The summed E-state index contributed by atoms with van der Waals surface area (Å²) < 4.78 is 23.9. The molecule has 1 atom stereocenters. The third kappa shape index (κ3) is 4.15. The largest absolute Gasteiger partial charge is 0.479 e. The molecule has 3 rings (SSSR count). The van der Waals surface area contributed by atoms with E-state index in [0.717, 1.165) is 5.39 Å². The number of carbonyl (C=O) groups is 1. The summed E-state index contributed by atoms with van der Waals surface area (Å²) in [5.74, 6) is -0.415. The van der Waals surface area contributed by atoms with Crippen molar-refractivity contribution in [1.29, 1.82) is 0 Å². The highest BCUT2D eigenvalue weighted by molar-refractivity contribution is 6.36. The number of fused-ring (bicyclic) bond motifs is 1. The highest BCUT2D eigenvalue weighted by atomic mass is 35.5. The van der Waals surface area contributed by atoms with Crippen molar-refractivity contribution in [3.8, 4) is 16.9 Å². The predicted octanol–water partition coefficient (Wildman–Crippen LogP) is 5.68. The van der Waals surface area contributed by atoms with E-state index in [1.165, 1.54) is 12.1 Å². The number of ether oxygens (including phenoxy) is 2. The number of aromatic nitrogens is 1. The first-order valence-electron chi connectivity index (χ1n) is 8.27. The Morgan fingerprint density at radius 2 is 1.93 bits per heavy atom. The van der Waals surface area contributed by atoms with E-state index in [4.69, 9.17) is 32.7 Å². The average Bonchev–Trinajstić information content (AvgIpc) is 2.63. The topological polar surface area (TPSA) is 48.4 Å². The molecule has 0 amide bonds. The van der Waals surface area contributed by atoms with Crippen LogP contribution in [0.3, 0.4) is 0 Å². The van der Waals surface area contributed by atoms with Crippen LogP contribution in [-0.4, -0.2) is 23.7 Å². The van der Waals surface area contributed by atoms with Gasteiger partial charge in [-0.15, -0.1) is 0 Å². The zero-order valence-electron chi connectivity index (χ0n) is 14.6. The maximum Gasteiger partial charge on any atom is 0.347 e. The fraction of sp³-hybridized carbons (Fsp3) is 0.200. The second kappa shape index (κ2) is 8.11. The maximum atomic E-state index is 13.4. The molecule has 7 heteroatoms. The predicted molar refractivity (Wildman–Crippen MR) is 104 cm³/mol. The molecule has 0 spiro atoms. The van der Waals surface area contributed by atoms with E-state index in [1.54, 1.807) is 44.3 Å². The molecule has 0 aliphatic carbocycles. The molecule has 0 aliphatic rings. The molecule has 0 aliphatic heterocycles. The first-order valence-corrected chi connectivity index (χ1v) is 9.03. The molecule has 4 nitrogen and oxygen atoms in total. The Bertz CT molecular complexity index is 1010. The van der Waals surface area contributed by atoms with Gasteiger partial charge in [-0.25, -0.2) is 14.2 Å². The summed E-state index contributed by atoms with van der Waals surface area (Å²) >= 11 is 12.4. The number of hydrogen-bond donors (Lipinski definition) is 0. The molecule has 0 saturated carbocycles. The quantitative estimate of drug-likeness (QED) is 0.403. The summed E-state index contributed by atoms with van der Waals surface area (Å²) in [5, 5.41) is 1.96. The fourth-order valence-corrected chi connectivity index (χ4v) is 3.17. The molecule has 1 aromatic heterocycles. The van der Waals surface area contributed by atoms with Gasteiger partial charge in [0.1, 0.15) is 16.7 Å². The Balaban J connectivity index is 2.03. The number of carbonyl (C=O) groups excluding carboxylic acids is 1. The van der Waals surface area contributed by atoms with Crippen LogP contribution in [0.4, 0.5) is 4.39 Å². The fourth-order valence-electron chi connectivity index (χ4n) is 2.70. The maximum absolute atomic E-state index is 13.4. The highest BCUT2D eigenvalue weighted by Crippen LogP contribution is 2.37. The first kappa shape index (κ1) is 19.4. The number of esters is 1. The molecule has 27 heavy (non-hydrogen) atoms. The normalized spacial score (nSPS) is 12.0. The summed E-state index contributed by atoms with van der Waals surface area (Å²) in [4.78, 5) is 15.9. The van der Waals surface area contributed by atoms with Gasteiger partial charge < -0.3 is 9.47 Å². The summed E-state index contributed by atoms with van der Waals surface area (Å²) in [6, 6.07) is 9.38. The SMILES string of the molecule is CCOC(=O)[C@@H](C)Oc1ccc2c(-c3ccc(F)cc3Cl)cnc(Cl)c2c1. The Morgan fingerprint density at radius 1 is 1.15 bits per heavy atom. The molecule has 0 fully saturated rings. The minimum atomic E-state index is -0.760. The van der Waals surface area contributed by atoms with Gasteiger partial charge in [0.25, 0.3) is 0 Å². The van der Waals surface area contributed by atoms with Gasteiger partial charge in [-0.2, -0.15) is 0 Å². The van der Waals surface area contributed by atoms with Crippen molar-refractivity contribution >= 4 is 39.9 Å². The zero-order valence-corrected chi connectivity index (χ0v) is 16.1. The standard InChI is InChI=1S/C20H16Cl2FNO3/c1-3-26-20(25)11(2)27-13-5-7-14-16(9-13)19(22)24-10-17(14)15-6-4-12(23)8-18(15)21/h4-11H,3H2,1-2H3/t11-/m1/s1. The lowest BCUT2D eigenvalue weighted by Crippen LogP contribution is -2.26. The van der Waals surface area contributed by atoms with Gasteiger partial charge in [-0.05, 0) is 55.6 Å². The van der Waals surface area contributed by atoms with Gasteiger partial charge in [-0.3, -0.25) is 0 Å². The summed E-state index contributed by atoms with van der Waals surface area (Å²) in [6.07, 6.45) is 0.829. The van der Waals surface area contributed by atoms with Gasteiger partial charge in [0, 0.05) is 22.7 Å². The number of benzene rings is 2. The van der Waals surface area contributed by atoms with Gasteiger partial charge >= 0.3 is 5.97 Å². The van der Waals surface area contributed by atoms with Crippen LogP contribution >= 0.6 is 23.2 Å². The summed E-state index contributed by atoms with van der Waals surface area (Å²) in [5.41, 5.74) is 1.35. The molecular formula is C20H16Cl2FNO3. The molecule has 0 N–H and O–H groups in total. The second-order valence-electron chi connectivity index (χ2n) is 5.81. The van der Waals surface area contributed by atoms with Gasteiger partial charge in [0.2, 0.25) is 0 Å². The number of rotatable bonds is 5. The monoisotopic (exact) mass is 407 g/mol. The zero-order chi connectivity index (χ0) is 19.6. The van der Waals surface area contributed by atoms with Crippen molar-refractivity contribution in [1.82, 2.24) is 4.98 Å². The van der Waals surface area contributed by atoms with Gasteiger partial charge in [-0.1, -0.05) is 23.2 Å². The van der Waals surface area contributed by atoms with Crippen LogP contribution in [0.5, 0.6) is 5.75 Å². The van der Waals surface area contributed by atoms with Crippen molar-refractivity contribution in [3.63, 3.8) is 0 Å². The lowest BCUT2D eigenvalue weighted by atomic mass is 10.0. The van der Waals surface area contributed by atoms with Crippen LogP contribution in [0, 0.1) is 5.82 Å². The Morgan fingerprint density at radius 3 is 2.63 bits per heavy atom. The molecule has 0 saturated heterocycles. The van der Waals surface area contributed by atoms with E-state index in [0.29, 0.717) is 22.3 Å². The number of nitrogens with zero attached hydrogens (tertiary/aromatic N) is 1. The molecular weight excluding hydrogens is 392 g/mol. The minimum absolute atomic E-state index is 0.275. The van der Waals surface area contributed by atoms with E-state index in [-0.39, 0.29) is 16.8 Å². The van der Waals surface area contributed by atoms with E-state index >= 15 is 0 Å². The van der Waals surface area contributed by atoms with E-state index in [1.807, 2.05) is 0 Å². The van der Waals surface area contributed by atoms with Crippen molar-refractivity contribution in [2.45, 2.75) is 20.0 Å². The minimum Gasteiger partial charge on any atom is -0.479 e. The molecule has 1 heterocycles. The van der Waals surface area contributed by atoms with E-state index < -0.39 is 17.9 Å². The Kier molecular flexibility index (Phi) is 5.82. The van der Waals surface area contributed by atoms with Gasteiger partial charge in [0.15, 0.2) is 6.10 Å². The van der Waals surface area contributed by atoms with Crippen molar-refractivity contribution in [2.24, 2.45) is 0 Å². The van der Waals surface area contributed by atoms with Crippen molar-refractivity contribution < 1.29 is 18.7 Å². The molecule has 0 radical (unpaired) electrons. The number of halogens is 3. The van der Waals surface area contributed by atoms with E-state index in [2.05, 4.69) is 4.98 Å². The molecule has 3 aromatic rings. The Hall–Kier alpha value is -2.37. The molecule has 140 valence electrons. The highest BCUT2D eigenvalue weighted by Gasteiger charge is 2.17. The van der Waals surface area contributed by atoms with Gasteiger partial charge in [0.05, 0.1) is 11.6 Å². The van der Waals surface area contributed by atoms with Crippen LogP contribution in [0.15, 0.2) is 42.6 Å². The second-order valence-corrected chi connectivity index (χ2v) is 6.57. The van der Waals surface area contributed by atoms with Crippen LogP contribution < -0.4 is 4.74 Å². The Labute approximate surface area is 165 Å². The van der Waals surface area contributed by atoms with Crippen LogP contribution in [0.2, 0.25) is 10.2 Å². The third-order valence-corrected chi connectivity index (χ3v) is 4.58. The van der Waals surface area contributed by atoms with E-state index in [9.17, 15) is 9.18 Å². The van der Waals surface area contributed by atoms with Crippen LogP contribution in [0.25, 0.3) is 21.9 Å². The molecule has 0 bridgehead atoms. The summed E-state index contributed by atoms with van der Waals surface area (Å²) in [7, 11) is 0.